The minimum atomic E-state index is -0.739. The van der Waals surface area contributed by atoms with E-state index in [1.165, 1.54) is 6.33 Å². The normalized spacial score (nSPS) is 9.09. The molecule has 11 heavy (non-hydrogen) atoms. The zero-order valence-electron chi connectivity index (χ0n) is 5.50. The van der Waals surface area contributed by atoms with Gasteiger partial charge in [-0.25, -0.2) is 9.78 Å². The molecule has 0 radical (unpaired) electrons. The number of hydrogen-bond donors (Lipinski definition) is 3. The van der Waals surface area contributed by atoms with Crippen molar-refractivity contribution in [2.24, 2.45) is 5.73 Å². The van der Waals surface area contributed by atoms with Gasteiger partial charge in [-0.05, 0) is 0 Å². The van der Waals surface area contributed by atoms with Crippen molar-refractivity contribution in [2.75, 3.05) is 5.32 Å². The second-order valence-electron chi connectivity index (χ2n) is 1.77. The van der Waals surface area contributed by atoms with Crippen LogP contribution in [0.2, 0.25) is 0 Å². The summed E-state index contributed by atoms with van der Waals surface area (Å²) in [6.07, 6.45) is 1.80. The maximum Gasteiger partial charge on any atom is 0.317 e. The number of imidazole rings is 1. The minimum absolute atomic E-state index is 0.129. The third-order valence-electron chi connectivity index (χ3n) is 1.03. The summed E-state index contributed by atoms with van der Waals surface area (Å²) >= 11 is 0. The Morgan fingerprint density at radius 1 is 1.82 bits per heavy atom. The summed E-state index contributed by atoms with van der Waals surface area (Å²) in [5.74, 6) is 0.215. The number of aromatic nitrogens is 2. The monoisotopic (exact) mass is 154 g/mol. The molecule has 6 nitrogen and oxygen atoms in total. The summed E-state index contributed by atoms with van der Waals surface area (Å²) in [4.78, 5) is 26.6. The average Bonchev–Trinajstić information content (AvgIpc) is 2.34. The van der Waals surface area contributed by atoms with E-state index in [0.29, 0.717) is 6.29 Å². The number of H-pyrrole nitrogens is 1. The fourth-order valence-electron chi connectivity index (χ4n) is 0.618. The molecule has 0 fully saturated rings. The number of aromatic amines is 1. The number of primary amides is 1. The maximum absolute atomic E-state index is 10.3. The van der Waals surface area contributed by atoms with Crippen molar-refractivity contribution < 1.29 is 9.59 Å². The molecule has 1 rings (SSSR count). The number of carbonyl (C=O) groups excluding carboxylic acids is 2. The van der Waals surface area contributed by atoms with Crippen LogP contribution in [0, 0.1) is 0 Å². The van der Waals surface area contributed by atoms with Gasteiger partial charge in [0.2, 0.25) is 0 Å². The Kier molecular flexibility index (Phi) is 1.86. The first-order valence-electron chi connectivity index (χ1n) is 2.79. The van der Waals surface area contributed by atoms with Gasteiger partial charge in [-0.3, -0.25) is 10.1 Å². The molecule has 0 aliphatic heterocycles. The lowest BCUT2D eigenvalue weighted by molar-refractivity contribution is 0.112. The molecule has 0 bridgehead atoms. The average molecular weight is 154 g/mol. The molecule has 1 aromatic rings. The van der Waals surface area contributed by atoms with E-state index in [1.807, 2.05) is 0 Å². The lowest BCUT2D eigenvalue weighted by Gasteiger charge is -1.95. The molecular formula is C5H6N4O2. The van der Waals surface area contributed by atoms with Crippen LogP contribution in [0.4, 0.5) is 10.6 Å². The van der Waals surface area contributed by atoms with Gasteiger partial charge < -0.3 is 10.7 Å². The van der Waals surface area contributed by atoms with Gasteiger partial charge in [-0.15, -0.1) is 0 Å². The molecule has 0 saturated heterocycles. The number of anilines is 1. The summed E-state index contributed by atoms with van der Waals surface area (Å²) in [5.41, 5.74) is 4.92. The number of hydrogen-bond acceptors (Lipinski definition) is 3. The highest BCUT2D eigenvalue weighted by molar-refractivity contribution is 5.92. The number of rotatable bonds is 2. The van der Waals surface area contributed by atoms with E-state index in [-0.39, 0.29) is 11.5 Å². The highest BCUT2D eigenvalue weighted by Gasteiger charge is 2.04. The van der Waals surface area contributed by atoms with Crippen LogP contribution < -0.4 is 11.1 Å². The standard InChI is InChI=1S/C5H6N4O2/c6-5(11)9-4-3(1-10)7-2-8-4/h1-2H,(H,7,8)(H3,6,9,11). The quantitative estimate of drug-likeness (QED) is 0.510. The number of aldehydes is 1. The molecule has 4 N–H and O–H groups in total. The van der Waals surface area contributed by atoms with Crippen LogP contribution in [0.15, 0.2) is 6.33 Å². The highest BCUT2D eigenvalue weighted by atomic mass is 16.2. The van der Waals surface area contributed by atoms with Crippen molar-refractivity contribution >= 4 is 18.1 Å². The van der Waals surface area contributed by atoms with Crippen LogP contribution in [0.1, 0.15) is 10.5 Å². The van der Waals surface area contributed by atoms with Gasteiger partial charge in [0.15, 0.2) is 6.29 Å². The van der Waals surface area contributed by atoms with Crippen molar-refractivity contribution in [3.8, 4) is 0 Å². The number of nitrogens with one attached hydrogen (secondary N) is 2. The first kappa shape index (κ1) is 7.26. The molecule has 0 unspecified atom stereocenters. The molecule has 0 aliphatic carbocycles. The Hall–Kier alpha value is -1.85. The summed E-state index contributed by atoms with van der Waals surface area (Å²) in [6.45, 7) is 0. The number of amides is 2. The van der Waals surface area contributed by atoms with Gasteiger partial charge >= 0.3 is 6.03 Å². The molecule has 0 aromatic carbocycles. The van der Waals surface area contributed by atoms with Crippen LogP contribution in [0.3, 0.4) is 0 Å². The van der Waals surface area contributed by atoms with Gasteiger partial charge in [-0.2, -0.15) is 0 Å². The van der Waals surface area contributed by atoms with Gasteiger partial charge in [0.05, 0.1) is 6.33 Å². The predicted octanol–water partition coefficient (Wildman–Crippen LogP) is -0.287. The molecule has 1 heterocycles. The Morgan fingerprint density at radius 3 is 3.09 bits per heavy atom. The topological polar surface area (TPSA) is 101 Å². The van der Waals surface area contributed by atoms with E-state index in [1.54, 1.807) is 0 Å². The maximum atomic E-state index is 10.3. The minimum Gasteiger partial charge on any atom is -0.351 e. The van der Waals surface area contributed by atoms with Crippen LogP contribution in [0.5, 0.6) is 0 Å². The molecular weight excluding hydrogens is 148 g/mol. The smallest absolute Gasteiger partial charge is 0.317 e. The third-order valence-corrected chi connectivity index (χ3v) is 1.03. The fourth-order valence-corrected chi connectivity index (χ4v) is 0.618. The van der Waals surface area contributed by atoms with E-state index < -0.39 is 6.03 Å². The van der Waals surface area contributed by atoms with Gasteiger partial charge in [0.1, 0.15) is 11.5 Å². The molecule has 6 heteroatoms. The first-order chi connectivity index (χ1) is 5.24. The second kappa shape index (κ2) is 2.82. The molecule has 2 amide bonds. The van der Waals surface area contributed by atoms with E-state index in [4.69, 9.17) is 5.73 Å². The summed E-state index contributed by atoms with van der Waals surface area (Å²) in [6, 6.07) is -0.739. The molecule has 0 spiro atoms. The highest BCUT2D eigenvalue weighted by Crippen LogP contribution is 2.04. The number of urea groups is 1. The molecule has 0 saturated carbocycles. The lowest BCUT2D eigenvalue weighted by atomic mass is 10.5. The SMILES string of the molecule is NC(=O)Nc1[nH]cnc1C=O. The Bertz CT molecular complexity index is 280. The Balaban J connectivity index is 2.84. The van der Waals surface area contributed by atoms with Crippen molar-refractivity contribution in [1.29, 1.82) is 0 Å². The van der Waals surface area contributed by atoms with E-state index in [9.17, 15) is 9.59 Å². The van der Waals surface area contributed by atoms with Crippen LogP contribution >= 0.6 is 0 Å². The summed E-state index contributed by atoms with van der Waals surface area (Å²) in [7, 11) is 0. The van der Waals surface area contributed by atoms with E-state index in [2.05, 4.69) is 15.3 Å². The van der Waals surface area contributed by atoms with E-state index >= 15 is 0 Å². The Morgan fingerprint density at radius 2 is 2.55 bits per heavy atom. The second-order valence-corrected chi connectivity index (χ2v) is 1.77. The van der Waals surface area contributed by atoms with Gasteiger partial charge in [0, 0.05) is 0 Å². The summed E-state index contributed by atoms with van der Waals surface area (Å²) in [5, 5.41) is 2.19. The molecule has 1 aromatic heterocycles. The zero-order valence-corrected chi connectivity index (χ0v) is 5.50. The third kappa shape index (κ3) is 1.54. The number of nitrogens with zero attached hydrogens (tertiary/aromatic N) is 1. The lowest BCUT2D eigenvalue weighted by Crippen LogP contribution is -2.20. The zero-order chi connectivity index (χ0) is 8.27. The largest absolute Gasteiger partial charge is 0.351 e. The molecule has 0 aliphatic rings. The van der Waals surface area contributed by atoms with Crippen molar-refractivity contribution in [3.05, 3.63) is 12.0 Å². The van der Waals surface area contributed by atoms with Crippen LogP contribution in [-0.4, -0.2) is 22.3 Å². The van der Waals surface area contributed by atoms with Gasteiger partial charge in [0.25, 0.3) is 0 Å². The van der Waals surface area contributed by atoms with E-state index in [0.717, 1.165) is 0 Å². The number of nitrogens with two attached hydrogens (primary N) is 1. The summed E-state index contributed by atoms with van der Waals surface area (Å²) < 4.78 is 0. The first-order valence-corrected chi connectivity index (χ1v) is 2.79. The Labute approximate surface area is 61.8 Å². The number of carbonyl (C=O) groups is 2. The van der Waals surface area contributed by atoms with Gasteiger partial charge in [-0.1, -0.05) is 0 Å². The fraction of sp³-hybridized carbons (Fsp3) is 0. The van der Waals surface area contributed by atoms with Crippen molar-refractivity contribution in [1.82, 2.24) is 9.97 Å². The molecule has 0 atom stereocenters. The predicted molar refractivity (Wildman–Crippen MR) is 37.2 cm³/mol. The van der Waals surface area contributed by atoms with Crippen molar-refractivity contribution in [2.45, 2.75) is 0 Å². The van der Waals surface area contributed by atoms with Crippen LogP contribution in [0.25, 0.3) is 0 Å². The van der Waals surface area contributed by atoms with Crippen molar-refractivity contribution in [3.63, 3.8) is 0 Å². The molecule has 58 valence electrons. The van der Waals surface area contributed by atoms with Crippen LogP contribution in [-0.2, 0) is 0 Å².